The second-order valence-electron chi connectivity index (χ2n) is 9.99. The SMILES string of the molecule is C=C(Sc1ccc(C(F)(F)F)cc1)c1cc(-c2ccc(F)cc2)ccc1C(=O)NC12CC(COC=O)(C1)C2. The van der Waals surface area contributed by atoms with Crippen LogP contribution in [0.2, 0.25) is 0 Å². The predicted octanol–water partition coefficient (Wildman–Crippen LogP) is 7.10. The number of ether oxygens (including phenoxy) is 1. The Morgan fingerprint density at radius 1 is 0.974 bits per heavy atom. The second-order valence-corrected chi connectivity index (χ2v) is 11.2. The van der Waals surface area contributed by atoms with E-state index >= 15 is 0 Å². The maximum absolute atomic E-state index is 13.5. The van der Waals surface area contributed by atoms with Crippen LogP contribution in [0.1, 0.15) is 40.7 Å². The number of carbonyl (C=O) groups excluding carboxylic acids is 2. The van der Waals surface area contributed by atoms with Crippen LogP contribution in [0.15, 0.2) is 78.2 Å². The van der Waals surface area contributed by atoms with Crippen molar-refractivity contribution in [3.63, 3.8) is 0 Å². The van der Waals surface area contributed by atoms with Crippen molar-refractivity contribution in [3.8, 4) is 11.1 Å². The van der Waals surface area contributed by atoms with Gasteiger partial charge in [0.1, 0.15) is 5.82 Å². The number of alkyl halides is 3. The van der Waals surface area contributed by atoms with Gasteiger partial charge in [-0.15, -0.1) is 0 Å². The van der Waals surface area contributed by atoms with Crippen LogP contribution in [0.25, 0.3) is 16.0 Å². The molecule has 4 nitrogen and oxygen atoms in total. The van der Waals surface area contributed by atoms with Gasteiger partial charge in [-0.1, -0.05) is 36.5 Å². The quantitative estimate of drug-likeness (QED) is 0.178. The van der Waals surface area contributed by atoms with Gasteiger partial charge < -0.3 is 10.1 Å². The molecular formula is C29H23F4NO3S. The fourth-order valence-corrected chi connectivity index (χ4v) is 6.34. The third-order valence-corrected chi connectivity index (χ3v) is 8.12. The minimum Gasteiger partial charge on any atom is -0.467 e. The van der Waals surface area contributed by atoms with Crippen LogP contribution in [0.3, 0.4) is 0 Å². The summed E-state index contributed by atoms with van der Waals surface area (Å²) in [6, 6.07) is 15.9. The van der Waals surface area contributed by atoms with E-state index in [4.69, 9.17) is 4.74 Å². The van der Waals surface area contributed by atoms with Crippen LogP contribution in [0, 0.1) is 11.2 Å². The summed E-state index contributed by atoms with van der Waals surface area (Å²) in [5, 5.41) is 3.12. The number of rotatable bonds is 9. The van der Waals surface area contributed by atoms with Crippen molar-refractivity contribution in [2.24, 2.45) is 5.41 Å². The molecule has 3 aliphatic carbocycles. The molecule has 196 valence electrons. The van der Waals surface area contributed by atoms with Crippen molar-refractivity contribution >= 4 is 29.0 Å². The minimum atomic E-state index is -4.44. The lowest BCUT2D eigenvalue weighted by Crippen LogP contribution is -2.75. The smallest absolute Gasteiger partial charge is 0.416 e. The molecule has 38 heavy (non-hydrogen) atoms. The molecule has 2 bridgehead atoms. The average molecular weight is 542 g/mol. The molecule has 0 unspecified atom stereocenters. The van der Waals surface area contributed by atoms with E-state index in [2.05, 4.69) is 11.9 Å². The predicted molar refractivity (Wildman–Crippen MR) is 137 cm³/mol. The van der Waals surface area contributed by atoms with E-state index < -0.39 is 11.7 Å². The summed E-state index contributed by atoms with van der Waals surface area (Å²) < 4.78 is 57.3. The summed E-state index contributed by atoms with van der Waals surface area (Å²) in [7, 11) is 0. The fraction of sp³-hybridized carbons (Fsp3) is 0.241. The number of hydrogen-bond acceptors (Lipinski definition) is 4. The molecule has 9 heteroatoms. The molecule has 3 saturated carbocycles. The van der Waals surface area contributed by atoms with Crippen LogP contribution in [0.5, 0.6) is 0 Å². The number of benzene rings is 3. The van der Waals surface area contributed by atoms with Gasteiger partial charge in [0.15, 0.2) is 0 Å². The molecule has 3 aliphatic rings. The van der Waals surface area contributed by atoms with Crippen LogP contribution in [-0.2, 0) is 15.7 Å². The lowest BCUT2D eigenvalue weighted by molar-refractivity contribution is -0.184. The molecule has 0 atom stereocenters. The average Bonchev–Trinajstić information content (AvgIpc) is 2.84. The molecule has 0 saturated heterocycles. The van der Waals surface area contributed by atoms with E-state index in [-0.39, 0.29) is 22.7 Å². The van der Waals surface area contributed by atoms with Gasteiger partial charge in [0, 0.05) is 31.9 Å². The van der Waals surface area contributed by atoms with E-state index in [1.807, 2.05) is 0 Å². The molecule has 1 N–H and O–H groups in total. The standard InChI is InChI=1S/C29H23F4NO3S/c1-18(38-23-9-5-21(6-10-23)29(31,32)33)25-12-20(19-2-7-22(30)8-3-19)4-11-24(25)26(36)34-28-13-27(14-28,15-28)16-37-17-35/h2-12,17H,1,13-16H2,(H,34,36). The molecular weight excluding hydrogens is 518 g/mol. The number of halogens is 4. The Labute approximate surface area is 221 Å². The molecule has 0 spiro atoms. The first-order chi connectivity index (χ1) is 18.0. The second kappa shape index (κ2) is 9.62. The maximum atomic E-state index is 13.5. The van der Waals surface area contributed by atoms with E-state index in [1.165, 1.54) is 24.3 Å². The van der Waals surface area contributed by atoms with Gasteiger partial charge in [0.2, 0.25) is 0 Å². The molecule has 3 fully saturated rings. The number of hydrogen-bond donors (Lipinski definition) is 1. The van der Waals surface area contributed by atoms with Crippen LogP contribution in [-0.4, -0.2) is 24.5 Å². The van der Waals surface area contributed by atoms with Crippen molar-refractivity contribution in [1.82, 2.24) is 5.32 Å². The molecule has 6 rings (SSSR count). The first-order valence-electron chi connectivity index (χ1n) is 11.8. The molecule has 0 aliphatic heterocycles. The van der Waals surface area contributed by atoms with Gasteiger partial charge in [-0.05, 0) is 78.9 Å². The Balaban J connectivity index is 1.40. The highest BCUT2D eigenvalue weighted by atomic mass is 32.2. The first kappa shape index (κ1) is 26.0. The highest BCUT2D eigenvalue weighted by molar-refractivity contribution is 8.08. The summed E-state index contributed by atoms with van der Waals surface area (Å²) in [6.07, 6.45) is -2.26. The maximum Gasteiger partial charge on any atom is 0.416 e. The van der Waals surface area contributed by atoms with Gasteiger partial charge >= 0.3 is 6.18 Å². The van der Waals surface area contributed by atoms with Gasteiger partial charge in [-0.2, -0.15) is 13.2 Å². The normalized spacial score (nSPS) is 21.6. The Morgan fingerprint density at radius 3 is 2.21 bits per heavy atom. The zero-order valence-electron chi connectivity index (χ0n) is 20.1. The van der Waals surface area contributed by atoms with E-state index in [0.29, 0.717) is 34.0 Å². The molecule has 0 radical (unpaired) electrons. The fourth-order valence-electron chi connectivity index (χ4n) is 5.51. The van der Waals surface area contributed by atoms with Crippen LogP contribution in [0.4, 0.5) is 17.6 Å². The summed E-state index contributed by atoms with van der Waals surface area (Å²) in [5.41, 5.74) is 1.23. The largest absolute Gasteiger partial charge is 0.467 e. The lowest BCUT2D eigenvalue weighted by Gasteiger charge is -2.70. The van der Waals surface area contributed by atoms with Crippen molar-refractivity contribution in [1.29, 1.82) is 0 Å². The molecule has 3 aromatic carbocycles. The summed E-state index contributed by atoms with van der Waals surface area (Å²) >= 11 is 1.16. The summed E-state index contributed by atoms with van der Waals surface area (Å²) in [4.78, 5) is 24.9. The van der Waals surface area contributed by atoms with Crippen LogP contribution >= 0.6 is 11.8 Å². The van der Waals surface area contributed by atoms with Gasteiger partial charge in [-0.3, -0.25) is 9.59 Å². The highest BCUT2D eigenvalue weighted by Crippen LogP contribution is 2.67. The molecule has 3 aromatic rings. The highest BCUT2D eigenvalue weighted by Gasteiger charge is 2.68. The molecule has 1 amide bonds. The Kier molecular flexibility index (Phi) is 6.59. The number of amides is 1. The zero-order chi connectivity index (χ0) is 27.1. The molecule has 0 aromatic heterocycles. The first-order valence-corrected chi connectivity index (χ1v) is 12.7. The Hall–Kier alpha value is -3.59. The monoisotopic (exact) mass is 541 g/mol. The van der Waals surface area contributed by atoms with Gasteiger partial charge in [0.05, 0.1) is 12.2 Å². The Morgan fingerprint density at radius 2 is 1.61 bits per heavy atom. The van der Waals surface area contributed by atoms with Crippen molar-refractivity contribution in [3.05, 3.63) is 95.8 Å². The number of thioether (sulfide) groups is 1. The van der Waals surface area contributed by atoms with Crippen molar-refractivity contribution < 1.29 is 31.9 Å². The van der Waals surface area contributed by atoms with Crippen LogP contribution < -0.4 is 5.32 Å². The van der Waals surface area contributed by atoms with E-state index in [9.17, 15) is 27.2 Å². The van der Waals surface area contributed by atoms with Crippen molar-refractivity contribution in [2.75, 3.05) is 6.61 Å². The number of nitrogens with one attached hydrogen (secondary N) is 1. The Bertz CT molecular complexity index is 1380. The third-order valence-electron chi connectivity index (χ3n) is 7.14. The minimum absolute atomic E-state index is 0.0640. The topological polar surface area (TPSA) is 55.4 Å². The lowest BCUT2D eigenvalue weighted by atomic mass is 9.39. The zero-order valence-corrected chi connectivity index (χ0v) is 20.9. The van der Waals surface area contributed by atoms with E-state index in [1.54, 1.807) is 30.3 Å². The number of carbonyl (C=O) groups is 2. The summed E-state index contributed by atoms with van der Waals surface area (Å²) in [5.74, 6) is -0.661. The third kappa shape index (κ3) is 5.07. The van der Waals surface area contributed by atoms with Crippen molar-refractivity contribution in [2.45, 2.75) is 35.9 Å². The summed E-state index contributed by atoms with van der Waals surface area (Å²) in [6.45, 7) is 4.89. The van der Waals surface area contributed by atoms with E-state index in [0.717, 1.165) is 54.3 Å². The van der Waals surface area contributed by atoms with Gasteiger partial charge in [0.25, 0.3) is 12.4 Å². The molecule has 0 heterocycles. The van der Waals surface area contributed by atoms with Gasteiger partial charge in [-0.25, -0.2) is 4.39 Å².